The highest BCUT2D eigenvalue weighted by molar-refractivity contribution is 6.32. The number of ether oxygens (including phenoxy) is 3. The standard InChI is InChI=1S/C23H22ClN3O5/c1-15-5-4-6-16(9-15)14-32-23-20(27(28)29)10-17(11-22(23)31-3)13-25-26-18-7-8-21(30-2)19(24)12-18/h4-13,26H,14H2,1-3H3/b25-13+. The molecule has 1 N–H and O–H groups in total. The Labute approximate surface area is 190 Å². The molecule has 0 heterocycles. The molecule has 0 fully saturated rings. The van der Waals surface area contributed by atoms with E-state index in [1.807, 2.05) is 31.2 Å². The maximum Gasteiger partial charge on any atom is 0.315 e. The lowest BCUT2D eigenvalue weighted by Gasteiger charge is -2.12. The minimum Gasteiger partial charge on any atom is -0.495 e. The Morgan fingerprint density at radius 1 is 1.09 bits per heavy atom. The van der Waals surface area contributed by atoms with E-state index < -0.39 is 4.92 Å². The van der Waals surface area contributed by atoms with E-state index >= 15 is 0 Å². The summed E-state index contributed by atoms with van der Waals surface area (Å²) in [5, 5.41) is 16.2. The molecule has 0 radical (unpaired) electrons. The van der Waals surface area contributed by atoms with Gasteiger partial charge in [-0.05, 0) is 36.8 Å². The maximum absolute atomic E-state index is 11.7. The van der Waals surface area contributed by atoms with Gasteiger partial charge in [-0.25, -0.2) is 0 Å². The molecular weight excluding hydrogens is 434 g/mol. The molecule has 0 aromatic heterocycles. The monoisotopic (exact) mass is 455 g/mol. The fraction of sp³-hybridized carbons (Fsp3) is 0.174. The predicted octanol–water partition coefficient (Wildman–Crippen LogP) is 5.60. The zero-order chi connectivity index (χ0) is 23.1. The summed E-state index contributed by atoms with van der Waals surface area (Å²) in [5.74, 6) is 0.842. The highest BCUT2D eigenvalue weighted by Gasteiger charge is 2.22. The number of benzene rings is 3. The number of rotatable bonds is 9. The molecule has 3 rings (SSSR count). The van der Waals surface area contributed by atoms with Crippen LogP contribution in [-0.4, -0.2) is 25.4 Å². The third-order valence-corrected chi connectivity index (χ3v) is 4.79. The first kappa shape index (κ1) is 22.9. The topological polar surface area (TPSA) is 95.2 Å². The Balaban J connectivity index is 1.81. The van der Waals surface area contributed by atoms with Crippen molar-refractivity contribution in [2.24, 2.45) is 5.10 Å². The van der Waals surface area contributed by atoms with Crippen LogP contribution in [0.4, 0.5) is 11.4 Å². The molecule has 32 heavy (non-hydrogen) atoms. The number of nitrogens with zero attached hydrogens (tertiary/aromatic N) is 2. The van der Waals surface area contributed by atoms with E-state index in [9.17, 15) is 10.1 Å². The van der Waals surface area contributed by atoms with Crippen LogP contribution in [0.15, 0.2) is 59.7 Å². The van der Waals surface area contributed by atoms with Crippen LogP contribution in [0.25, 0.3) is 0 Å². The number of aryl methyl sites for hydroxylation is 1. The molecule has 0 aliphatic heterocycles. The summed E-state index contributed by atoms with van der Waals surface area (Å²) in [7, 11) is 2.96. The average Bonchev–Trinajstić information content (AvgIpc) is 2.77. The lowest BCUT2D eigenvalue weighted by atomic mass is 10.1. The van der Waals surface area contributed by atoms with Crippen molar-refractivity contribution in [3.63, 3.8) is 0 Å². The van der Waals surface area contributed by atoms with E-state index in [-0.39, 0.29) is 23.8 Å². The number of methoxy groups -OCH3 is 2. The molecule has 0 unspecified atom stereocenters. The number of nitro benzene ring substituents is 1. The van der Waals surface area contributed by atoms with Crippen LogP contribution in [0.2, 0.25) is 5.02 Å². The molecule has 0 amide bonds. The Hall–Kier alpha value is -3.78. The van der Waals surface area contributed by atoms with Crippen molar-refractivity contribution in [1.29, 1.82) is 0 Å². The smallest absolute Gasteiger partial charge is 0.315 e. The SMILES string of the molecule is COc1ccc(N/N=C/c2cc(OC)c(OCc3cccc(C)c3)c([N+](=O)[O-])c2)cc1Cl. The average molecular weight is 456 g/mol. The van der Waals surface area contributed by atoms with Crippen LogP contribution < -0.4 is 19.6 Å². The summed E-state index contributed by atoms with van der Waals surface area (Å²) < 4.78 is 16.2. The Kier molecular flexibility index (Phi) is 7.51. The maximum atomic E-state index is 11.7. The van der Waals surface area contributed by atoms with Crippen LogP contribution in [0.1, 0.15) is 16.7 Å². The highest BCUT2D eigenvalue weighted by Crippen LogP contribution is 2.38. The van der Waals surface area contributed by atoms with Crippen LogP contribution >= 0.6 is 11.6 Å². The number of nitrogens with one attached hydrogen (secondary N) is 1. The summed E-state index contributed by atoms with van der Waals surface area (Å²) in [6.45, 7) is 2.14. The van der Waals surface area contributed by atoms with Crippen molar-refractivity contribution in [2.75, 3.05) is 19.6 Å². The molecule has 0 atom stereocenters. The van der Waals surface area contributed by atoms with Gasteiger partial charge in [0.2, 0.25) is 5.75 Å². The summed E-state index contributed by atoms with van der Waals surface area (Å²) in [6, 6.07) is 15.8. The molecule has 0 aliphatic rings. The molecule has 9 heteroatoms. The first-order chi connectivity index (χ1) is 15.4. The van der Waals surface area contributed by atoms with Gasteiger partial charge in [-0.2, -0.15) is 5.10 Å². The second-order valence-electron chi connectivity index (χ2n) is 6.83. The second kappa shape index (κ2) is 10.5. The van der Waals surface area contributed by atoms with Gasteiger partial charge < -0.3 is 14.2 Å². The third kappa shape index (κ3) is 5.67. The first-order valence-electron chi connectivity index (χ1n) is 9.58. The van der Waals surface area contributed by atoms with E-state index in [4.69, 9.17) is 25.8 Å². The molecule has 0 bridgehead atoms. The molecule has 3 aromatic carbocycles. The van der Waals surface area contributed by atoms with E-state index in [1.165, 1.54) is 26.5 Å². The number of hydrogen-bond acceptors (Lipinski definition) is 7. The summed E-state index contributed by atoms with van der Waals surface area (Å²) in [6.07, 6.45) is 1.44. The fourth-order valence-corrected chi connectivity index (χ4v) is 3.25. The number of nitro groups is 1. The first-order valence-corrected chi connectivity index (χ1v) is 9.96. The molecule has 0 spiro atoms. The van der Waals surface area contributed by atoms with Gasteiger partial charge in [-0.1, -0.05) is 41.4 Å². The normalized spacial score (nSPS) is 10.8. The minimum absolute atomic E-state index is 0.0612. The third-order valence-electron chi connectivity index (χ3n) is 4.50. The van der Waals surface area contributed by atoms with Gasteiger partial charge in [-0.3, -0.25) is 15.5 Å². The van der Waals surface area contributed by atoms with Gasteiger partial charge in [0.25, 0.3) is 0 Å². The zero-order valence-corrected chi connectivity index (χ0v) is 18.6. The highest BCUT2D eigenvalue weighted by atomic mass is 35.5. The molecule has 0 saturated carbocycles. The van der Waals surface area contributed by atoms with Crippen molar-refractivity contribution < 1.29 is 19.1 Å². The number of hydrogen-bond donors (Lipinski definition) is 1. The van der Waals surface area contributed by atoms with Gasteiger partial charge in [0.15, 0.2) is 5.75 Å². The van der Waals surface area contributed by atoms with Crippen molar-refractivity contribution in [3.8, 4) is 17.2 Å². The summed E-state index contributed by atoms with van der Waals surface area (Å²) in [4.78, 5) is 11.2. The minimum atomic E-state index is -0.512. The molecule has 0 aliphatic carbocycles. The molecule has 3 aromatic rings. The van der Waals surface area contributed by atoms with Crippen molar-refractivity contribution in [2.45, 2.75) is 13.5 Å². The lowest BCUT2D eigenvalue weighted by Crippen LogP contribution is -2.03. The predicted molar refractivity (Wildman–Crippen MR) is 124 cm³/mol. The van der Waals surface area contributed by atoms with Gasteiger partial charge in [0.1, 0.15) is 12.4 Å². The zero-order valence-electron chi connectivity index (χ0n) is 17.8. The van der Waals surface area contributed by atoms with Gasteiger partial charge in [0, 0.05) is 11.6 Å². The second-order valence-corrected chi connectivity index (χ2v) is 7.23. The van der Waals surface area contributed by atoms with Crippen LogP contribution in [0.3, 0.4) is 0 Å². The van der Waals surface area contributed by atoms with Crippen LogP contribution in [0.5, 0.6) is 17.2 Å². The van der Waals surface area contributed by atoms with Crippen molar-refractivity contribution in [3.05, 3.63) is 86.4 Å². The molecule has 166 valence electrons. The number of halogens is 1. The van der Waals surface area contributed by atoms with Crippen molar-refractivity contribution in [1.82, 2.24) is 0 Å². The quantitative estimate of drug-likeness (QED) is 0.256. The Morgan fingerprint density at radius 2 is 1.88 bits per heavy atom. The van der Waals surface area contributed by atoms with Gasteiger partial charge in [-0.15, -0.1) is 0 Å². The van der Waals surface area contributed by atoms with E-state index in [0.29, 0.717) is 22.0 Å². The van der Waals surface area contributed by atoms with Crippen molar-refractivity contribution >= 4 is 29.2 Å². The molecule has 8 nitrogen and oxygen atoms in total. The van der Waals surface area contributed by atoms with Crippen LogP contribution in [0, 0.1) is 17.0 Å². The Morgan fingerprint density at radius 3 is 2.53 bits per heavy atom. The lowest BCUT2D eigenvalue weighted by molar-refractivity contribution is -0.386. The summed E-state index contributed by atoms with van der Waals surface area (Å²) in [5.41, 5.74) is 5.67. The number of hydrazone groups is 1. The van der Waals surface area contributed by atoms with E-state index in [1.54, 1.807) is 24.3 Å². The Bertz CT molecular complexity index is 1150. The number of anilines is 1. The largest absolute Gasteiger partial charge is 0.495 e. The molecule has 0 saturated heterocycles. The molecular formula is C23H22ClN3O5. The van der Waals surface area contributed by atoms with E-state index in [0.717, 1.165) is 11.1 Å². The van der Waals surface area contributed by atoms with Crippen LogP contribution in [-0.2, 0) is 6.61 Å². The van der Waals surface area contributed by atoms with Gasteiger partial charge in [0.05, 0.1) is 36.1 Å². The van der Waals surface area contributed by atoms with E-state index in [2.05, 4.69) is 10.5 Å². The van der Waals surface area contributed by atoms with Gasteiger partial charge >= 0.3 is 5.69 Å². The summed E-state index contributed by atoms with van der Waals surface area (Å²) >= 11 is 6.10. The fourth-order valence-electron chi connectivity index (χ4n) is 2.99.